The van der Waals surface area contributed by atoms with Crippen molar-refractivity contribution >= 4 is 5.91 Å². The highest BCUT2D eigenvalue weighted by molar-refractivity contribution is 5.90. The fourth-order valence-corrected chi connectivity index (χ4v) is 2.03. The van der Waals surface area contributed by atoms with Gasteiger partial charge in [-0.05, 0) is 32.6 Å². The van der Waals surface area contributed by atoms with Gasteiger partial charge < -0.3 is 9.73 Å². The van der Waals surface area contributed by atoms with Crippen LogP contribution in [-0.4, -0.2) is 46.6 Å². The standard InChI is InChI=1S/C14H21N5O2/c1-4-6-12-16-13(18-17-12)14(20)15-9-10(19(2)3)11-7-5-8-21-11/h5,7-8,10H,4,6,9H2,1-3H3,(H,15,20)(H,16,17,18). The molecule has 1 amide bonds. The topological polar surface area (TPSA) is 87.1 Å². The molecule has 7 nitrogen and oxygen atoms in total. The van der Waals surface area contributed by atoms with Crippen LogP contribution in [0.2, 0.25) is 0 Å². The molecule has 0 aliphatic heterocycles. The molecule has 0 radical (unpaired) electrons. The summed E-state index contributed by atoms with van der Waals surface area (Å²) in [5.41, 5.74) is 0. The molecule has 0 spiro atoms. The van der Waals surface area contributed by atoms with Crippen LogP contribution in [0.3, 0.4) is 0 Å². The molecule has 0 aliphatic carbocycles. The highest BCUT2D eigenvalue weighted by Crippen LogP contribution is 2.17. The summed E-state index contributed by atoms with van der Waals surface area (Å²) in [5, 5.41) is 9.55. The van der Waals surface area contributed by atoms with E-state index in [1.807, 2.05) is 38.1 Å². The molecule has 0 aliphatic rings. The maximum atomic E-state index is 12.1. The maximum absolute atomic E-state index is 12.1. The molecule has 1 atom stereocenters. The Hall–Kier alpha value is -2.15. The van der Waals surface area contributed by atoms with E-state index in [2.05, 4.69) is 20.5 Å². The number of nitrogens with zero attached hydrogens (tertiary/aromatic N) is 3. The van der Waals surface area contributed by atoms with Gasteiger partial charge in [-0.25, -0.2) is 4.98 Å². The Labute approximate surface area is 123 Å². The molecule has 0 saturated carbocycles. The minimum atomic E-state index is -0.285. The maximum Gasteiger partial charge on any atom is 0.291 e. The summed E-state index contributed by atoms with van der Waals surface area (Å²) in [6.45, 7) is 2.48. The van der Waals surface area contributed by atoms with Gasteiger partial charge in [-0.3, -0.25) is 14.8 Å². The number of H-pyrrole nitrogens is 1. The van der Waals surface area contributed by atoms with Crippen LogP contribution in [0, 0.1) is 0 Å². The van der Waals surface area contributed by atoms with Gasteiger partial charge >= 0.3 is 0 Å². The van der Waals surface area contributed by atoms with E-state index in [0.717, 1.165) is 24.4 Å². The molecule has 2 heterocycles. The quantitative estimate of drug-likeness (QED) is 0.805. The molecule has 2 aromatic rings. The molecular formula is C14H21N5O2. The number of amides is 1. The Bertz CT molecular complexity index is 562. The zero-order valence-corrected chi connectivity index (χ0v) is 12.6. The molecule has 0 aromatic carbocycles. The van der Waals surface area contributed by atoms with E-state index in [1.54, 1.807) is 6.26 Å². The average molecular weight is 291 g/mol. The molecule has 2 rings (SSSR count). The number of likely N-dealkylation sites (N-methyl/N-ethyl adjacent to an activating group) is 1. The number of hydrogen-bond donors (Lipinski definition) is 2. The lowest BCUT2D eigenvalue weighted by Crippen LogP contribution is -2.34. The van der Waals surface area contributed by atoms with Gasteiger partial charge in [-0.2, -0.15) is 0 Å². The van der Waals surface area contributed by atoms with Gasteiger partial charge in [-0.15, -0.1) is 5.10 Å². The lowest BCUT2D eigenvalue weighted by Gasteiger charge is -2.22. The first-order valence-electron chi connectivity index (χ1n) is 7.01. The number of rotatable bonds is 7. The summed E-state index contributed by atoms with van der Waals surface area (Å²) in [6.07, 6.45) is 3.37. The Morgan fingerprint density at radius 2 is 2.33 bits per heavy atom. The first-order valence-corrected chi connectivity index (χ1v) is 7.01. The number of aromatic amines is 1. The Morgan fingerprint density at radius 1 is 1.52 bits per heavy atom. The van der Waals surface area contributed by atoms with Gasteiger partial charge in [-0.1, -0.05) is 6.92 Å². The van der Waals surface area contributed by atoms with E-state index in [1.165, 1.54) is 0 Å². The second-order valence-electron chi connectivity index (χ2n) is 5.06. The van der Waals surface area contributed by atoms with Gasteiger partial charge in [0, 0.05) is 13.0 Å². The molecule has 0 bridgehead atoms. The number of carbonyl (C=O) groups excluding carboxylic acids is 1. The Balaban J connectivity index is 1.95. The lowest BCUT2D eigenvalue weighted by molar-refractivity contribution is 0.0929. The van der Waals surface area contributed by atoms with Crippen LogP contribution < -0.4 is 5.32 Å². The van der Waals surface area contributed by atoms with Gasteiger partial charge in [0.1, 0.15) is 11.6 Å². The second-order valence-corrected chi connectivity index (χ2v) is 5.06. The fraction of sp³-hybridized carbons (Fsp3) is 0.500. The molecule has 0 saturated heterocycles. The van der Waals surface area contributed by atoms with Gasteiger partial charge in [0.15, 0.2) is 0 Å². The normalized spacial score (nSPS) is 12.6. The van der Waals surface area contributed by atoms with Crippen LogP contribution in [0.15, 0.2) is 22.8 Å². The Morgan fingerprint density at radius 3 is 2.95 bits per heavy atom. The van der Waals surface area contributed by atoms with Gasteiger partial charge in [0.05, 0.1) is 12.3 Å². The summed E-state index contributed by atoms with van der Waals surface area (Å²) in [4.78, 5) is 18.2. The highest BCUT2D eigenvalue weighted by Gasteiger charge is 2.19. The molecule has 2 aromatic heterocycles. The third-order valence-corrected chi connectivity index (χ3v) is 3.17. The first-order chi connectivity index (χ1) is 10.1. The van der Waals surface area contributed by atoms with Crippen molar-refractivity contribution in [1.29, 1.82) is 0 Å². The third-order valence-electron chi connectivity index (χ3n) is 3.17. The minimum absolute atomic E-state index is 0.0296. The summed E-state index contributed by atoms with van der Waals surface area (Å²) < 4.78 is 5.40. The van der Waals surface area contributed by atoms with Crippen molar-refractivity contribution in [3.05, 3.63) is 35.8 Å². The average Bonchev–Trinajstić information content (AvgIpc) is 3.10. The molecule has 2 N–H and O–H groups in total. The van der Waals surface area contributed by atoms with Crippen molar-refractivity contribution in [2.24, 2.45) is 0 Å². The van der Waals surface area contributed by atoms with Crippen molar-refractivity contribution in [3.8, 4) is 0 Å². The lowest BCUT2D eigenvalue weighted by atomic mass is 10.2. The second kappa shape index (κ2) is 7.03. The highest BCUT2D eigenvalue weighted by atomic mass is 16.3. The van der Waals surface area contributed by atoms with Crippen molar-refractivity contribution in [3.63, 3.8) is 0 Å². The predicted octanol–water partition coefficient (Wildman–Crippen LogP) is 1.38. The van der Waals surface area contributed by atoms with Crippen molar-refractivity contribution < 1.29 is 9.21 Å². The minimum Gasteiger partial charge on any atom is -0.468 e. The summed E-state index contributed by atoms with van der Waals surface area (Å²) >= 11 is 0. The van der Waals surface area contributed by atoms with E-state index in [4.69, 9.17) is 4.42 Å². The van der Waals surface area contributed by atoms with Crippen LogP contribution in [0.1, 0.15) is 41.6 Å². The zero-order chi connectivity index (χ0) is 15.2. The Kier molecular flexibility index (Phi) is 5.10. The van der Waals surface area contributed by atoms with E-state index < -0.39 is 0 Å². The van der Waals surface area contributed by atoms with Crippen LogP contribution in [0.5, 0.6) is 0 Å². The molecule has 0 fully saturated rings. The van der Waals surface area contributed by atoms with Crippen LogP contribution >= 0.6 is 0 Å². The molecular weight excluding hydrogens is 270 g/mol. The largest absolute Gasteiger partial charge is 0.468 e. The smallest absolute Gasteiger partial charge is 0.291 e. The first kappa shape index (κ1) is 15.2. The predicted molar refractivity (Wildman–Crippen MR) is 77.8 cm³/mol. The van der Waals surface area contributed by atoms with Crippen molar-refractivity contribution in [1.82, 2.24) is 25.4 Å². The summed E-state index contributed by atoms with van der Waals surface area (Å²) in [6, 6.07) is 3.70. The summed E-state index contributed by atoms with van der Waals surface area (Å²) in [5.74, 6) is 1.43. The van der Waals surface area contributed by atoms with Crippen LogP contribution in [0.25, 0.3) is 0 Å². The fourth-order valence-electron chi connectivity index (χ4n) is 2.03. The molecule has 114 valence electrons. The number of nitrogens with one attached hydrogen (secondary N) is 2. The van der Waals surface area contributed by atoms with Gasteiger partial charge in [0.25, 0.3) is 5.91 Å². The van der Waals surface area contributed by atoms with E-state index >= 15 is 0 Å². The SMILES string of the molecule is CCCc1nc(C(=O)NCC(c2ccco2)N(C)C)n[nH]1. The monoisotopic (exact) mass is 291 g/mol. The number of hydrogen-bond acceptors (Lipinski definition) is 5. The van der Waals surface area contributed by atoms with E-state index in [0.29, 0.717) is 6.54 Å². The van der Waals surface area contributed by atoms with E-state index in [-0.39, 0.29) is 17.8 Å². The zero-order valence-electron chi connectivity index (χ0n) is 12.6. The number of furan rings is 1. The van der Waals surface area contributed by atoms with Gasteiger partial charge in [0.2, 0.25) is 5.82 Å². The van der Waals surface area contributed by atoms with Crippen molar-refractivity contribution in [2.75, 3.05) is 20.6 Å². The third kappa shape index (κ3) is 3.91. The molecule has 21 heavy (non-hydrogen) atoms. The van der Waals surface area contributed by atoms with E-state index in [9.17, 15) is 4.79 Å². The number of aryl methyl sites for hydroxylation is 1. The van der Waals surface area contributed by atoms with Crippen LogP contribution in [-0.2, 0) is 6.42 Å². The van der Waals surface area contributed by atoms with Crippen LogP contribution in [0.4, 0.5) is 0 Å². The van der Waals surface area contributed by atoms with Crippen molar-refractivity contribution in [2.45, 2.75) is 25.8 Å². The molecule has 7 heteroatoms. The summed E-state index contributed by atoms with van der Waals surface area (Å²) in [7, 11) is 3.87. The number of aromatic nitrogens is 3. The molecule has 1 unspecified atom stereocenters. The number of carbonyl (C=O) groups is 1.